The van der Waals surface area contributed by atoms with Gasteiger partial charge in [-0.2, -0.15) is 0 Å². The van der Waals surface area contributed by atoms with Crippen LogP contribution in [-0.4, -0.2) is 15.0 Å². The van der Waals surface area contributed by atoms with Gasteiger partial charge in [0.2, 0.25) is 0 Å². The molecular formula is C51H31N3O2. The Morgan fingerprint density at radius 2 is 0.946 bits per heavy atom. The van der Waals surface area contributed by atoms with Crippen LogP contribution in [0.1, 0.15) is 8.22 Å². The second kappa shape index (κ2) is 13.0. The molecule has 0 saturated heterocycles. The van der Waals surface area contributed by atoms with Crippen LogP contribution < -0.4 is 0 Å². The number of benzene rings is 8. The lowest BCUT2D eigenvalue weighted by Crippen LogP contribution is -2.00. The number of para-hydroxylation sites is 2. The van der Waals surface area contributed by atoms with E-state index in [2.05, 4.69) is 6.07 Å². The molecule has 262 valence electrons. The van der Waals surface area contributed by atoms with Gasteiger partial charge in [0.1, 0.15) is 22.3 Å². The molecule has 11 aromatic rings. The van der Waals surface area contributed by atoms with Gasteiger partial charge >= 0.3 is 0 Å². The highest BCUT2D eigenvalue weighted by molar-refractivity contribution is 6.10. The van der Waals surface area contributed by atoms with E-state index >= 15 is 0 Å². The lowest BCUT2D eigenvalue weighted by molar-refractivity contribution is 0.669. The van der Waals surface area contributed by atoms with Crippen molar-refractivity contribution in [3.8, 4) is 67.5 Å². The smallest absolute Gasteiger partial charge is 0.164 e. The molecule has 56 heavy (non-hydrogen) atoms. The second-order valence-electron chi connectivity index (χ2n) is 13.5. The zero-order valence-electron chi connectivity index (χ0n) is 35.6. The normalized spacial score (nSPS) is 13.1. The van der Waals surface area contributed by atoms with Gasteiger partial charge in [-0.05, 0) is 82.4 Å². The molecule has 0 aliphatic carbocycles. The van der Waals surface area contributed by atoms with Crippen molar-refractivity contribution >= 4 is 43.9 Å². The van der Waals surface area contributed by atoms with Crippen LogP contribution in [0.15, 0.2) is 197 Å². The van der Waals surface area contributed by atoms with E-state index in [1.807, 2.05) is 146 Å². The van der Waals surface area contributed by atoms with Gasteiger partial charge in [0, 0.05) is 43.8 Å². The first-order valence-electron chi connectivity index (χ1n) is 21.2. The maximum Gasteiger partial charge on any atom is 0.164 e. The number of rotatable bonds is 6. The van der Waals surface area contributed by atoms with Crippen molar-refractivity contribution in [2.24, 2.45) is 0 Å². The minimum Gasteiger partial charge on any atom is -0.456 e. The number of hydrogen-bond donors (Lipinski definition) is 0. The number of nitrogens with zero attached hydrogens (tertiary/aromatic N) is 3. The average molecular weight is 724 g/mol. The molecule has 5 nitrogen and oxygen atoms in total. The third-order valence-corrected chi connectivity index (χ3v) is 10.0. The third kappa shape index (κ3) is 5.53. The minimum atomic E-state index is -0.361. The summed E-state index contributed by atoms with van der Waals surface area (Å²) in [5, 5.41) is 1.93. The summed E-state index contributed by atoms with van der Waals surface area (Å²) in [6, 6.07) is 46.5. The topological polar surface area (TPSA) is 65.0 Å². The molecule has 5 heteroatoms. The van der Waals surface area contributed by atoms with Crippen LogP contribution in [0.3, 0.4) is 0 Å². The molecule has 0 spiro atoms. The number of fused-ring (bicyclic) bond motifs is 6. The van der Waals surface area contributed by atoms with Gasteiger partial charge in [-0.1, -0.05) is 133 Å². The zero-order chi connectivity index (χ0) is 42.2. The maximum atomic E-state index is 9.66. The van der Waals surface area contributed by atoms with Crippen LogP contribution in [0.25, 0.3) is 111 Å². The Balaban J connectivity index is 1.16. The van der Waals surface area contributed by atoms with E-state index < -0.39 is 0 Å². The second-order valence-corrected chi connectivity index (χ2v) is 13.5. The summed E-state index contributed by atoms with van der Waals surface area (Å²) in [5.74, 6) is 0.587. The molecule has 0 saturated carbocycles. The fourth-order valence-electron chi connectivity index (χ4n) is 7.30. The van der Waals surface area contributed by atoms with Gasteiger partial charge in [0.05, 0.1) is 8.22 Å². The van der Waals surface area contributed by atoms with Gasteiger partial charge in [0.15, 0.2) is 17.5 Å². The molecule has 0 aliphatic rings. The summed E-state index contributed by atoms with van der Waals surface area (Å²) in [4.78, 5) is 14.5. The monoisotopic (exact) mass is 723 g/mol. The fourth-order valence-corrected chi connectivity index (χ4v) is 7.30. The lowest BCUT2D eigenvalue weighted by Gasteiger charge is -2.11. The summed E-state index contributed by atoms with van der Waals surface area (Å²) < 4.78 is 68.6. The Morgan fingerprint density at radius 1 is 0.357 bits per heavy atom. The van der Waals surface area contributed by atoms with Gasteiger partial charge in [-0.3, -0.25) is 0 Å². The van der Waals surface area contributed by atoms with E-state index in [-0.39, 0.29) is 81.0 Å². The lowest BCUT2D eigenvalue weighted by atomic mass is 9.92. The quantitative estimate of drug-likeness (QED) is 0.171. The fraction of sp³-hybridized carbons (Fsp3) is 0. The van der Waals surface area contributed by atoms with Crippen LogP contribution >= 0.6 is 0 Å². The van der Waals surface area contributed by atoms with Crippen molar-refractivity contribution in [1.29, 1.82) is 0 Å². The van der Waals surface area contributed by atoms with E-state index in [1.54, 1.807) is 0 Å². The molecule has 3 aromatic heterocycles. The Kier molecular flexibility index (Phi) is 6.10. The summed E-state index contributed by atoms with van der Waals surface area (Å²) in [7, 11) is 0. The van der Waals surface area contributed by atoms with Crippen molar-refractivity contribution in [3.05, 3.63) is 188 Å². The SMILES string of the molecule is [2H]c1c([2H])c([2H])c2c(oc3c([2H])c(-c4nc(-c5ccccc5)nc(-c5ccc6oc7ccccc7c6c5)n4)c([2H])c([2H])c32)c1-c1cc(-c2ccccc2)cc(-c2ccccc2)c1. The van der Waals surface area contributed by atoms with Crippen molar-refractivity contribution < 1.29 is 17.1 Å². The van der Waals surface area contributed by atoms with E-state index in [4.69, 9.17) is 26.5 Å². The molecule has 11 rings (SSSR count). The Morgan fingerprint density at radius 3 is 1.66 bits per heavy atom. The van der Waals surface area contributed by atoms with Crippen LogP contribution in [-0.2, 0) is 0 Å². The van der Waals surface area contributed by atoms with Crippen molar-refractivity contribution in [2.45, 2.75) is 0 Å². The van der Waals surface area contributed by atoms with Crippen molar-refractivity contribution in [2.75, 3.05) is 0 Å². The molecule has 0 atom stereocenters. The Bertz CT molecular complexity index is 3540. The molecule has 0 unspecified atom stereocenters. The van der Waals surface area contributed by atoms with Crippen LogP contribution in [0.2, 0.25) is 0 Å². The summed E-state index contributed by atoms with van der Waals surface area (Å²) in [6.07, 6.45) is 0. The van der Waals surface area contributed by atoms with Crippen LogP contribution in [0.5, 0.6) is 0 Å². The summed E-state index contributed by atoms with van der Waals surface area (Å²) in [5.41, 5.74) is 7.16. The first kappa shape index (κ1) is 26.2. The first-order valence-corrected chi connectivity index (χ1v) is 18.2. The Labute approximate surface area is 330 Å². The standard InChI is InChI=1S/C51H31N3O2/c1-4-13-32(14-5-1)37-27-38(33-15-6-2-7-16-33)29-39(28-37)40-20-12-21-43-42-25-23-36(31-47(42)56-48(40)43)51-53-49(34-17-8-3-9-18-34)52-50(54-51)35-24-26-46-44(30-35)41-19-10-11-22-45(41)55-46/h1-31H/i12D,20D,21D,23D,25D,31D. The zero-order valence-corrected chi connectivity index (χ0v) is 29.6. The van der Waals surface area contributed by atoms with Crippen molar-refractivity contribution in [3.63, 3.8) is 0 Å². The maximum absolute atomic E-state index is 9.66. The van der Waals surface area contributed by atoms with Crippen molar-refractivity contribution in [1.82, 2.24) is 15.0 Å². The molecule has 3 heterocycles. The highest BCUT2D eigenvalue weighted by atomic mass is 16.3. The predicted octanol–water partition coefficient (Wildman–Crippen LogP) is 13.7. The van der Waals surface area contributed by atoms with Crippen LogP contribution in [0, 0.1) is 0 Å². The predicted molar refractivity (Wildman–Crippen MR) is 227 cm³/mol. The molecule has 0 fully saturated rings. The number of hydrogen-bond acceptors (Lipinski definition) is 5. The van der Waals surface area contributed by atoms with E-state index in [0.29, 0.717) is 28.1 Å². The molecular weight excluding hydrogens is 687 g/mol. The first-order chi connectivity index (χ1) is 30.2. The average Bonchev–Trinajstić information content (AvgIpc) is 3.90. The molecule has 0 aliphatic heterocycles. The highest BCUT2D eigenvalue weighted by Gasteiger charge is 2.18. The molecule has 0 radical (unpaired) electrons. The van der Waals surface area contributed by atoms with E-state index in [9.17, 15) is 5.48 Å². The molecule has 0 bridgehead atoms. The van der Waals surface area contributed by atoms with Gasteiger partial charge < -0.3 is 8.83 Å². The van der Waals surface area contributed by atoms with E-state index in [0.717, 1.165) is 38.6 Å². The van der Waals surface area contributed by atoms with E-state index in [1.165, 1.54) is 0 Å². The van der Waals surface area contributed by atoms with Gasteiger partial charge in [0.25, 0.3) is 0 Å². The van der Waals surface area contributed by atoms with Crippen LogP contribution in [0.4, 0.5) is 0 Å². The number of aromatic nitrogens is 3. The molecule has 0 N–H and O–H groups in total. The third-order valence-electron chi connectivity index (χ3n) is 10.0. The Hall–Kier alpha value is -7.63. The largest absolute Gasteiger partial charge is 0.456 e. The minimum absolute atomic E-state index is 0.00592. The highest BCUT2D eigenvalue weighted by Crippen LogP contribution is 2.40. The van der Waals surface area contributed by atoms with Gasteiger partial charge in [-0.25, -0.2) is 15.0 Å². The summed E-state index contributed by atoms with van der Waals surface area (Å²) >= 11 is 0. The molecule has 0 amide bonds. The summed E-state index contributed by atoms with van der Waals surface area (Å²) in [6.45, 7) is 0. The number of furan rings is 2. The van der Waals surface area contributed by atoms with Gasteiger partial charge in [-0.15, -0.1) is 0 Å². The molecule has 8 aromatic carbocycles.